The van der Waals surface area contributed by atoms with Crippen LogP contribution in [0.4, 0.5) is 5.82 Å². The Morgan fingerprint density at radius 1 is 1.14 bits per heavy atom. The van der Waals surface area contributed by atoms with E-state index >= 15 is 0 Å². The molecule has 0 saturated carbocycles. The summed E-state index contributed by atoms with van der Waals surface area (Å²) >= 11 is 7.22. The van der Waals surface area contributed by atoms with Gasteiger partial charge in [-0.05, 0) is 31.9 Å². The number of anilines is 1. The Bertz CT molecular complexity index is 1400. The van der Waals surface area contributed by atoms with E-state index in [1.807, 2.05) is 35.2 Å². The van der Waals surface area contributed by atoms with Gasteiger partial charge in [-0.1, -0.05) is 47.1 Å². The number of thiazole rings is 1. The van der Waals surface area contributed by atoms with Crippen LogP contribution in [-0.2, 0) is 0 Å². The zero-order valence-electron chi connectivity index (χ0n) is 20.2. The molecule has 0 radical (unpaired) electrons. The van der Waals surface area contributed by atoms with E-state index in [2.05, 4.69) is 25.8 Å². The number of likely N-dealkylation sites (tertiary alicyclic amines) is 1. The number of hydrogen-bond donors (Lipinski definition) is 1. The Balaban J connectivity index is 1.20. The first kappa shape index (κ1) is 24.8. The molecule has 0 aliphatic carbocycles. The van der Waals surface area contributed by atoms with Crippen LogP contribution in [0, 0.1) is 6.92 Å². The third kappa shape index (κ3) is 5.32. The van der Waals surface area contributed by atoms with Crippen LogP contribution in [0.3, 0.4) is 0 Å². The maximum Gasteiger partial charge on any atom is 0.289 e. The molecule has 1 aliphatic heterocycles. The first-order chi connectivity index (χ1) is 17.9. The normalized spacial score (nSPS) is 14.0. The Kier molecular flexibility index (Phi) is 7.15. The third-order valence-electron chi connectivity index (χ3n) is 6.24. The number of carbonyl (C=O) groups is 2. The number of rotatable bonds is 6. The van der Waals surface area contributed by atoms with Crippen LogP contribution >= 0.6 is 22.9 Å². The van der Waals surface area contributed by atoms with Crippen molar-refractivity contribution in [2.75, 3.05) is 25.1 Å². The van der Waals surface area contributed by atoms with Gasteiger partial charge in [0.15, 0.2) is 11.0 Å². The average molecular weight is 538 g/mol. The predicted octanol–water partition coefficient (Wildman–Crippen LogP) is 4.35. The Morgan fingerprint density at radius 3 is 2.59 bits per heavy atom. The summed E-state index contributed by atoms with van der Waals surface area (Å²) in [6, 6.07) is 12.8. The van der Waals surface area contributed by atoms with Crippen LogP contribution in [0.5, 0.6) is 0 Å². The van der Waals surface area contributed by atoms with Crippen molar-refractivity contribution in [3.63, 3.8) is 0 Å². The lowest BCUT2D eigenvalue weighted by molar-refractivity contribution is 0.0711. The van der Waals surface area contributed by atoms with Crippen molar-refractivity contribution in [1.82, 2.24) is 30.7 Å². The molecule has 37 heavy (non-hydrogen) atoms. The fraction of sp³-hybridized carbons (Fsp3) is 0.280. The van der Waals surface area contributed by atoms with Gasteiger partial charge in [0.2, 0.25) is 0 Å². The molecule has 0 unspecified atom stereocenters. The first-order valence-corrected chi connectivity index (χ1v) is 13.0. The lowest BCUT2D eigenvalue weighted by Gasteiger charge is -2.31. The number of carbonyl (C=O) groups excluding carboxylic acids is 2. The molecule has 10 nitrogen and oxygen atoms in total. The van der Waals surface area contributed by atoms with Crippen molar-refractivity contribution in [1.29, 1.82) is 0 Å². The summed E-state index contributed by atoms with van der Waals surface area (Å²) in [4.78, 5) is 32.5. The van der Waals surface area contributed by atoms with Gasteiger partial charge in [-0.25, -0.2) is 4.98 Å². The molecule has 2 amide bonds. The minimum Gasteiger partial charge on any atom is -0.360 e. The van der Waals surface area contributed by atoms with Crippen molar-refractivity contribution in [3.05, 3.63) is 75.0 Å². The molecule has 190 valence electrons. The minimum absolute atomic E-state index is 0.0800. The highest BCUT2D eigenvalue weighted by Gasteiger charge is 2.31. The molecule has 1 aromatic carbocycles. The Morgan fingerprint density at radius 2 is 1.89 bits per heavy atom. The highest BCUT2D eigenvalue weighted by Crippen LogP contribution is 2.33. The molecular formula is C25H24ClN7O3S. The van der Waals surface area contributed by atoms with E-state index < -0.39 is 0 Å². The summed E-state index contributed by atoms with van der Waals surface area (Å²) in [5.74, 6) is 0.710. The fourth-order valence-electron chi connectivity index (χ4n) is 4.24. The van der Waals surface area contributed by atoms with Crippen molar-refractivity contribution in [3.8, 4) is 11.3 Å². The van der Waals surface area contributed by atoms with E-state index in [1.165, 1.54) is 16.3 Å². The average Bonchev–Trinajstić information content (AvgIpc) is 3.57. The van der Waals surface area contributed by atoms with Crippen LogP contribution in [0.2, 0.25) is 5.15 Å². The number of nitrogens with one attached hydrogen (secondary N) is 1. The van der Waals surface area contributed by atoms with Gasteiger partial charge in [0.05, 0.1) is 5.01 Å². The molecule has 4 heterocycles. The molecule has 1 saturated heterocycles. The lowest BCUT2D eigenvalue weighted by Crippen LogP contribution is -2.40. The molecule has 1 fully saturated rings. The minimum atomic E-state index is -0.342. The molecule has 1 N–H and O–H groups in total. The number of nitrogens with zero attached hydrogens (tertiary/aromatic N) is 6. The molecule has 0 bridgehead atoms. The Hall–Kier alpha value is -3.83. The molecule has 12 heteroatoms. The van der Waals surface area contributed by atoms with Crippen LogP contribution in [-0.4, -0.2) is 57.2 Å². The van der Waals surface area contributed by atoms with E-state index in [-0.39, 0.29) is 22.9 Å². The number of aryl methyl sites for hydroxylation is 1. The molecule has 0 spiro atoms. The maximum absolute atomic E-state index is 13.4. The van der Waals surface area contributed by atoms with Gasteiger partial charge >= 0.3 is 0 Å². The summed E-state index contributed by atoms with van der Waals surface area (Å²) in [5.41, 5.74) is 4.99. The van der Waals surface area contributed by atoms with Gasteiger partial charge in [-0.3, -0.25) is 20.0 Å². The van der Waals surface area contributed by atoms with Crippen molar-refractivity contribution < 1.29 is 14.1 Å². The number of halogens is 1. The highest BCUT2D eigenvalue weighted by molar-refractivity contribution is 7.09. The van der Waals surface area contributed by atoms with Crippen LogP contribution in [0.15, 0.2) is 52.4 Å². The molecule has 5 rings (SSSR count). The SMILES string of the molecule is Cc1onc(-c2ccccc2)c1C(=O)N1CCC(c2nc(C(=O)NN(C)c3ccc(Cl)nn3)cs2)CC1. The number of aromatic nitrogens is 4. The number of hydrazine groups is 1. The van der Waals surface area contributed by atoms with Crippen LogP contribution in [0.1, 0.15) is 50.4 Å². The monoisotopic (exact) mass is 537 g/mol. The van der Waals surface area contributed by atoms with Gasteiger partial charge < -0.3 is 9.42 Å². The second-order valence-corrected chi connectivity index (χ2v) is 9.96. The van der Waals surface area contributed by atoms with E-state index in [4.69, 9.17) is 16.1 Å². The summed E-state index contributed by atoms with van der Waals surface area (Å²) in [6.45, 7) is 2.93. The van der Waals surface area contributed by atoms with Gasteiger partial charge in [-0.2, -0.15) is 0 Å². The number of hydrogen-bond acceptors (Lipinski definition) is 9. The standard InChI is InChI=1S/C25H24ClN7O3S/c1-15-21(22(31-36-15)16-6-4-3-5-7-16)25(35)33-12-10-17(11-13-33)24-27-18(14-37-24)23(34)30-32(2)20-9-8-19(26)28-29-20/h3-9,14,17H,10-13H2,1-2H3,(H,30,34). The van der Waals surface area contributed by atoms with Gasteiger partial charge in [0, 0.05) is 37.0 Å². The van der Waals surface area contributed by atoms with Crippen molar-refractivity contribution >= 4 is 40.6 Å². The first-order valence-electron chi connectivity index (χ1n) is 11.7. The van der Waals surface area contributed by atoms with E-state index in [1.54, 1.807) is 31.5 Å². The molecule has 1 aliphatic rings. The molecule has 3 aromatic heterocycles. The largest absolute Gasteiger partial charge is 0.360 e. The molecular weight excluding hydrogens is 514 g/mol. The number of benzene rings is 1. The molecule has 4 aromatic rings. The van der Waals surface area contributed by atoms with Crippen molar-refractivity contribution in [2.24, 2.45) is 0 Å². The van der Waals surface area contributed by atoms with Gasteiger partial charge in [0.25, 0.3) is 11.8 Å². The van der Waals surface area contributed by atoms with Gasteiger partial charge in [0.1, 0.15) is 22.7 Å². The van der Waals surface area contributed by atoms with E-state index in [0.717, 1.165) is 23.4 Å². The summed E-state index contributed by atoms with van der Waals surface area (Å²) in [6.07, 6.45) is 1.51. The quantitative estimate of drug-likeness (QED) is 0.361. The summed E-state index contributed by atoms with van der Waals surface area (Å²) in [5, 5.41) is 16.2. The highest BCUT2D eigenvalue weighted by atomic mass is 35.5. The second-order valence-electron chi connectivity index (χ2n) is 8.68. The second kappa shape index (κ2) is 10.7. The zero-order valence-corrected chi connectivity index (χ0v) is 21.8. The predicted molar refractivity (Wildman–Crippen MR) is 140 cm³/mol. The van der Waals surface area contributed by atoms with Crippen LogP contribution < -0.4 is 10.4 Å². The zero-order chi connectivity index (χ0) is 25.9. The summed E-state index contributed by atoms with van der Waals surface area (Å²) in [7, 11) is 1.66. The maximum atomic E-state index is 13.4. The van der Waals surface area contributed by atoms with Crippen LogP contribution in [0.25, 0.3) is 11.3 Å². The fourth-order valence-corrected chi connectivity index (χ4v) is 5.31. The van der Waals surface area contributed by atoms with E-state index in [9.17, 15) is 9.59 Å². The lowest BCUT2D eigenvalue weighted by atomic mass is 9.96. The Labute approximate surface area is 222 Å². The number of piperidine rings is 1. The van der Waals surface area contributed by atoms with E-state index in [0.29, 0.717) is 41.6 Å². The topological polar surface area (TPSA) is 117 Å². The number of amides is 2. The van der Waals surface area contributed by atoms with Crippen molar-refractivity contribution in [2.45, 2.75) is 25.7 Å². The smallest absolute Gasteiger partial charge is 0.289 e. The summed E-state index contributed by atoms with van der Waals surface area (Å²) < 4.78 is 5.38. The molecule has 0 atom stereocenters. The third-order valence-corrected chi connectivity index (χ3v) is 7.45. The van der Waals surface area contributed by atoms with Gasteiger partial charge in [-0.15, -0.1) is 21.5 Å².